The normalized spacial score (nSPS) is 10.1. The molecule has 0 saturated heterocycles. The van der Waals surface area contributed by atoms with Gasteiger partial charge in [0.2, 0.25) is 0 Å². The van der Waals surface area contributed by atoms with Crippen molar-refractivity contribution in [1.82, 2.24) is 4.98 Å². The maximum atomic E-state index is 12.1. The van der Waals surface area contributed by atoms with Crippen molar-refractivity contribution in [2.75, 3.05) is 11.1 Å². The van der Waals surface area contributed by atoms with Crippen LogP contribution < -0.4 is 11.1 Å². The molecule has 0 aliphatic rings. The molecule has 0 spiro atoms. The number of nitro groups is 1. The number of non-ortho nitro benzene ring substituents is 1. The van der Waals surface area contributed by atoms with E-state index in [2.05, 4.69) is 10.3 Å². The van der Waals surface area contributed by atoms with Crippen LogP contribution in [0, 0.1) is 17.0 Å². The molecule has 0 unspecified atom stereocenters. The molecule has 1 aromatic carbocycles. The molecule has 1 aromatic heterocycles. The molecular formula is C13H12N4O3. The van der Waals surface area contributed by atoms with Crippen LogP contribution in [0.25, 0.3) is 0 Å². The first kappa shape index (κ1) is 13.5. The van der Waals surface area contributed by atoms with Crippen LogP contribution in [-0.4, -0.2) is 15.8 Å². The lowest BCUT2D eigenvalue weighted by Gasteiger charge is -2.08. The van der Waals surface area contributed by atoms with Crippen molar-refractivity contribution in [3.63, 3.8) is 0 Å². The summed E-state index contributed by atoms with van der Waals surface area (Å²) in [6.07, 6.45) is 1.54. The first-order valence-electron chi connectivity index (χ1n) is 5.76. The van der Waals surface area contributed by atoms with Gasteiger partial charge in [-0.3, -0.25) is 14.9 Å². The number of nitrogens with zero attached hydrogens (tertiary/aromatic N) is 2. The molecule has 0 bridgehead atoms. The molecule has 2 rings (SSSR count). The number of rotatable bonds is 3. The average Bonchev–Trinajstić information content (AvgIpc) is 2.41. The van der Waals surface area contributed by atoms with Crippen LogP contribution in [0.15, 0.2) is 36.5 Å². The highest BCUT2D eigenvalue weighted by atomic mass is 16.6. The summed E-state index contributed by atoms with van der Waals surface area (Å²) in [5.41, 5.74) is 6.48. The van der Waals surface area contributed by atoms with Crippen molar-refractivity contribution in [1.29, 1.82) is 0 Å². The number of benzene rings is 1. The Morgan fingerprint density at radius 1 is 1.40 bits per heavy atom. The zero-order valence-electron chi connectivity index (χ0n) is 10.7. The minimum absolute atomic E-state index is 0.0456. The lowest BCUT2D eigenvalue weighted by molar-refractivity contribution is -0.384. The van der Waals surface area contributed by atoms with Gasteiger partial charge in [-0.15, -0.1) is 0 Å². The highest BCUT2D eigenvalue weighted by molar-refractivity contribution is 6.08. The fourth-order valence-corrected chi connectivity index (χ4v) is 1.65. The first-order valence-corrected chi connectivity index (χ1v) is 5.76. The molecule has 7 heteroatoms. The van der Waals surface area contributed by atoms with Crippen LogP contribution in [0.3, 0.4) is 0 Å². The van der Waals surface area contributed by atoms with Gasteiger partial charge in [-0.1, -0.05) is 6.07 Å². The number of hydrogen-bond donors (Lipinski definition) is 2. The van der Waals surface area contributed by atoms with E-state index in [-0.39, 0.29) is 16.9 Å². The second kappa shape index (κ2) is 5.35. The minimum Gasteiger partial charge on any atom is -0.398 e. The van der Waals surface area contributed by atoms with E-state index in [0.717, 1.165) is 11.6 Å². The SMILES string of the molecule is Cc1cccnc1NC(=O)c1cc([N+](=O)[O-])ccc1N. The maximum absolute atomic E-state index is 12.1. The van der Waals surface area contributed by atoms with E-state index in [1.165, 1.54) is 12.1 Å². The van der Waals surface area contributed by atoms with Crippen LogP contribution in [0.4, 0.5) is 17.2 Å². The Bertz CT molecular complexity index is 685. The molecule has 0 atom stereocenters. The summed E-state index contributed by atoms with van der Waals surface area (Å²) < 4.78 is 0. The van der Waals surface area contributed by atoms with Crippen molar-refractivity contribution in [2.45, 2.75) is 6.92 Å². The Hall–Kier alpha value is -2.96. The standard InChI is InChI=1S/C13H12N4O3/c1-8-3-2-6-15-12(8)16-13(18)10-7-9(17(19)20)4-5-11(10)14/h2-7H,14H2,1H3,(H,15,16,18). The molecule has 1 amide bonds. The lowest BCUT2D eigenvalue weighted by Crippen LogP contribution is -2.16. The van der Waals surface area contributed by atoms with Gasteiger partial charge < -0.3 is 11.1 Å². The van der Waals surface area contributed by atoms with Gasteiger partial charge in [0.1, 0.15) is 5.82 Å². The Morgan fingerprint density at radius 3 is 2.80 bits per heavy atom. The zero-order chi connectivity index (χ0) is 14.7. The molecule has 0 aliphatic heterocycles. The molecule has 3 N–H and O–H groups in total. The van der Waals surface area contributed by atoms with E-state index in [4.69, 9.17) is 5.73 Å². The zero-order valence-corrected chi connectivity index (χ0v) is 10.7. The summed E-state index contributed by atoms with van der Waals surface area (Å²) in [5, 5.41) is 13.3. The average molecular weight is 272 g/mol. The van der Waals surface area contributed by atoms with Crippen molar-refractivity contribution in [3.05, 3.63) is 57.8 Å². The molecule has 0 fully saturated rings. The van der Waals surface area contributed by atoms with Gasteiger partial charge in [0.25, 0.3) is 11.6 Å². The van der Waals surface area contributed by atoms with E-state index in [1.54, 1.807) is 25.3 Å². The first-order chi connectivity index (χ1) is 9.49. The van der Waals surface area contributed by atoms with E-state index < -0.39 is 10.8 Å². The number of hydrogen-bond acceptors (Lipinski definition) is 5. The van der Waals surface area contributed by atoms with Gasteiger partial charge >= 0.3 is 0 Å². The van der Waals surface area contributed by atoms with Crippen molar-refractivity contribution < 1.29 is 9.72 Å². The number of aryl methyl sites for hydroxylation is 1. The van der Waals surface area contributed by atoms with E-state index >= 15 is 0 Å². The fraction of sp³-hybridized carbons (Fsp3) is 0.0769. The van der Waals surface area contributed by atoms with Gasteiger partial charge in [0.05, 0.1) is 10.5 Å². The molecule has 0 radical (unpaired) electrons. The third-order valence-corrected chi connectivity index (χ3v) is 2.73. The number of pyridine rings is 1. The second-order valence-corrected chi connectivity index (χ2v) is 4.15. The summed E-state index contributed by atoms with van der Waals surface area (Å²) in [6.45, 7) is 1.79. The fourth-order valence-electron chi connectivity index (χ4n) is 1.65. The van der Waals surface area contributed by atoms with Crippen LogP contribution in [0.1, 0.15) is 15.9 Å². The molecule has 2 aromatic rings. The molecular weight excluding hydrogens is 260 g/mol. The number of nitrogens with one attached hydrogen (secondary N) is 1. The van der Waals surface area contributed by atoms with E-state index in [9.17, 15) is 14.9 Å². The molecule has 0 aliphatic carbocycles. The number of amides is 1. The number of carbonyl (C=O) groups is 1. The smallest absolute Gasteiger partial charge is 0.270 e. The number of nitrogen functional groups attached to an aromatic ring is 1. The highest BCUT2D eigenvalue weighted by Crippen LogP contribution is 2.21. The Morgan fingerprint density at radius 2 is 2.15 bits per heavy atom. The predicted octanol–water partition coefficient (Wildman–Crippen LogP) is 2.13. The van der Waals surface area contributed by atoms with Crippen LogP contribution in [-0.2, 0) is 0 Å². The Labute approximate surface area is 114 Å². The number of carbonyl (C=O) groups excluding carboxylic acids is 1. The minimum atomic E-state index is -0.581. The van der Waals surface area contributed by atoms with Crippen molar-refractivity contribution in [2.24, 2.45) is 0 Å². The largest absolute Gasteiger partial charge is 0.398 e. The van der Waals surface area contributed by atoms with E-state index in [1.807, 2.05) is 0 Å². The van der Waals surface area contributed by atoms with Crippen molar-refractivity contribution in [3.8, 4) is 0 Å². The summed E-state index contributed by atoms with van der Waals surface area (Å²) >= 11 is 0. The van der Waals surface area contributed by atoms with Gasteiger partial charge in [0.15, 0.2) is 0 Å². The summed E-state index contributed by atoms with van der Waals surface area (Å²) in [6, 6.07) is 7.26. The second-order valence-electron chi connectivity index (χ2n) is 4.15. The molecule has 0 saturated carbocycles. The van der Waals surface area contributed by atoms with Crippen LogP contribution in [0.5, 0.6) is 0 Å². The third-order valence-electron chi connectivity index (χ3n) is 2.73. The number of anilines is 2. The van der Waals surface area contributed by atoms with Gasteiger partial charge in [-0.25, -0.2) is 4.98 Å². The monoisotopic (exact) mass is 272 g/mol. The van der Waals surface area contributed by atoms with Gasteiger partial charge in [0, 0.05) is 24.0 Å². The number of nitro benzene ring substituents is 1. The van der Waals surface area contributed by atoms with E-state index in [0.29, 0.717) is 5.82 Å². The van der Waals surface area contributed by atoms with Crippen molar-refractivity contribution >= 4 is 23.1 Å². The summed E-state index contributed by atoms with van der Waals surface area (Å²) in [5.74, 6) is -0.142. The number of nitrogens with two attached hydrogens (primary N) is 1. The molecule has 7 nitrogen and oxygen atoms in total. The maximum Gasteiger partial charge on any atom is 0.270 e. The lowest BCUT2D eigenvalue weighted by atomic mass is 10.1. The molecule has 1 heterocycles. The Kier molecular flexibility index (Phi) is 3.60. The van der Waals surface area contributed by atoms with Crippen LogP contribution >= 0.6 is 0 Å². The summed E-state index contributed by atoms with van der Waals surface area (Å²) in [4.78, 5) is 26.3. The molecule has 20 heavy (non-hydrogen) atoms. The summed E-state index contributed by atoms with van der Waals surface area (Å²) in [7, 11) is 0. The van der Waals surface area contributed by atoms with Gasteiger partial charge in [-0.2, -0.15) is 0 Å². The van der Waals surface area contributed by atoms with Crippen LogP contribution in [0.2, 0.25) is 0 Å². The quantitative estimate of drug-likeness (QED) is 0.505. The van der Waals surface area contributed by atoms with Gasteiger partial charge in [-0.05, 0) is 24.6 Å². The number of aromatic nitrogens is 1. The predicted molar refractivity (Wildman–Crippen MR) is 74.4 cm³/mol. The highest BCUT2D eigenvalue weighted by Gasteiger charge is 2.16. The molecule has 102 valence electrons. The Balaban J connectivity index is 2.32. The topological polar surface area (TPSA) is 111 Å². The third kappa shape index (κ3) is 2.72.